The summed E-state index contributed by atoms with van der Waals surface area (Å²) in [5.41, 5.74) is 6.45. The summed E-state index contributed by atoms with van der Waals surface area (Å²) in [5, 5.41) is 0. The van der Waals surface area contributed by atoms with Crippen LogP contribution in [0.3, 0.4) is 0 Å². The van der Waals surface area contributed by atoms with E-state index < -0.39 is 0 Å². The molecular formula is C13H27NO. The summed E-state index contributed by atoms with van der Waals surface area (Å²) in [6.45, 7) is 6.22. The van der Waals surface area contributed by atoms with Crippen molar-refractivity contribution in [1.82, 2.24) is 0 Å². The van der Waals surface area contributed by atoms with Gasteiger partial charge < -0.3 is 10.5 Å². The van der Waals surface area contributed by atoms with E-state index in [0.717, 1.165) is 25.6 Å². The van der Waals surface area contributed by atoms with Crippen LogP contribution in [0.2, 0.25) is 0 Å². The van der Waals surface area contributed by atoms with Gasteiger partial charge in [0.15, 0.2) is 0 Å². The molecule has 2 heteroatoms. The molecule has 1 saturated carbocycles. The number of hydrogen-bond donors (Lipinski definition) is 1. The number of unbranched alkanes of at least 4 members (excludes halogenated alkanes) is 1. The highest BCUT2D eigenvalue weighted by atomic mass is 16.5. The summed E-state index contributed by atoms with van der Waals surface area (Å²) in [6, 6.07) is 0. The molecule has 90 valence electrons. The first kappa shape index (κ1) is 13.0. The average molecular weight is 213 g/mol. The molecule has 2 nitrogen and oxygen atoms in total. The highest BCUT2D eigenvalue weighted by molar-refractivity contribution is 4.92. The Labute approximate surface area is 94.6 Å². The van der Waals surface area contributed by atoms with Gasteiger partial charge in [-0.15, -0.1) is 0 Å². The van der Waals surface area contributed by atoms with Gasteiger partial charge in [0.25, 0.3) is 0 Å². The molecule has 2 atom stereocenters. The summed E-state index contributed by atoms with van der Waals surface area (Å²) in [4.78, 5) is 0. The maximum atomic E-state index is 6.36. The zero-order chi connectivity index (χ0) is 11.1. The van der Waals surface area contributed by atoms with Crippen molar-refractivity contribution >= 4 is 0 Å². The first-order chi connectivity index (χ1) is 7.20. The Bertz CT molecular complexity index is 172. The average Bonchev–Trinajstić information content (AvgIpc) is 2.61. The molecule has 0 aromatic heterocycles. The van der Waals surface area contributed by atoms with Crippen LogP contribution in [-0.4, -0.2) is 18.8 Å². The third-order valence-electron chi connectivity index (χ3n) is 3.71. The van der Waals surface area contributed by atoms with Gasteiger partial charge in [-0.3, -0.25) is 0 Å². The maximum Gasteiger partial charge on any atom is 0.0483 e. The van der Waals surface area contributed by atoms with Crippen LogP contribution in [0.5, 0.6) is 0 Å². The van der Waals surface area contributed by atoms with Crippen molar-refractivity contribution in [2.45, 2.75) is 64.3 Å². The number of ether oxygens (including phenoxy) is 1. The van der Waals surface area contributed by atoms with Crippen molar-refractivity contribution in [3.63, 3.8) is 0 Å². The maximum absolute atomic E-state index is 6.36. The molecule has 0 bridgehead atoms. The molecule has 2 unspecified atom stereocenters. The third kappa shape index (κ3) is 4.52. The predicted octanol–water partition coefficient (Wildman–Crippen LogP) is 3.10. The summed E-state index contributed by atoms with van der Waals surface area (Å²) in [5.74, 6) is 0.866. The Kier molecular flexibility index (Phi) is 5.62. The van der Waals surface area contributed by atoms with Crippen LogP contribution in [-0.2, 0) is 4.74 Å². The van der Waals surface area contributed by atoms with E-state index in [9.17, 15) is 0 Å². The molecule has 15 heavy (non-hydrogen) atoms. The molecule has 0 saturated heterocycles. The van der Waals surface area contributed by atoms with Gasteiger partial charge in [0.05, 0.1) is 0 Å². The predicted molar refractivity (Wildman–Crippen MR) is 64.9 cm³/mol. The van der Waals surface area contributed by atoms with Crippen molar-refractivity contribution < 1.29 is 4.74 Å². The topological polar surface area (TPSA) is 35.2 Å². The van der Waals surface area contributed by atoms with Gasteiger partial charge in [-0.2, -0.15) is 0 Å². The van der Waals surface area contributed by atoms with Crippen LogP contribution < -0.4 is 5.73 Å². The zero-order valence-electron chi connectivity index (χ0n) is 10.4. The van der Waals surface area contributed by atoms with E-state index in [0.29, 0.717) is 0 Å². The summed E-state index contributed by atoms with van der Waals surface area (Å²) in [6.07, 6.45) is 8.45. The largest absolute Gasteiger partial charge is 0.381 e. The zero-order valence-corrected chi connectivity index (χ0v) is 10.4. The first-order valence-electron chi connectivity index (χ1n) is 6.57. The number of nitrogens with two attached hydrogens (primary N) is 1. The lowest BCUT2D eigenvalue weighted by Crippen LogP contribution is -2.38. The molecule has 1 rings (SSSR count). The van der Waals surface area contributed by atoms with Gasteiger partial charge in [-0.05, 0) is 38.0 Å². The minimum Gasteiger partial charge on any atom is -0.381 e. The molecule has 1 aliphatic rings. The van der Waals surface area contributed by atoms with E-state index >= 15 is 0 Å². The lowest BCUT2D eigenvalue weighted by atomic mass is 9.93. The molecular weight excluding hydrogens is 186 g/mol. The van der Waals surface area contributed by atoms with Gasteiger partial charge in [-0.25, -0.2) is 0 Å². The summed E-state index contributed by atoms with van der Waals surface area (Å²) < 4.78 is 5.59. The van der Waals surface area contributed by atoms with E-state index in [-0.39, 0.29) is 5.54 Å². The van der Waals surface area contributed by atoms with Gasteiger partial charge in [-0.1, -0.05) is 26.7 Å². The van der Waals surface area contributed by atoms with Crippen molar-refractivity contribution in [2.75, 3.05) is 13.2 Å². The molecule has 1 aliphatic carbocycles. The highest BCUT2D eigenvalue weighted by Crippen LogP contribution is 2.36. The molecule has 0 aromatic carbocycles. The number of hydrogen-bond acceptors (Lipinski definition) is 2. The molecule has 0 aromatic rings. The highest BCUT2D eigenvalue weighted by Gasteiger charge is 2.34. The van der Waals surface area contributed by atoms with Crippen LogP contribution in [0.25, 0.3) is 0 Å². The normalized spacial score (nSPS) is 31.0. The van der Waals surface area contributed by atoms with E-state index in [1.807, 2.05) is 0 Å². The molecule has 0 aliphatic heterocycles. The fraction of sp³-hybridized carbons (Fsp3) is 1.00. The molecule has 1 fully saturated rings. The SMILES string of the molecule is CCCCOCCC1(N)CCC(CC)C1. The van der Waals surface area contributed by atoms with Gasteiger partial charge in [0.1, 0.15) is 0 Å². The summed E-state index contributed by atoms with van der Waals surface area (Å²) in [7, 11) is 0. The standard InChI is InChI=1S/C13H27NO/c1-3-5-9-15-10-8-13(14)7-6-12(4-2)11-13/h12H,3-11,14H2,1-2H3. The Balaban J connectivity index is 2.10. The monoisotopic (exact) mass is 213 g/mol. The van der Waals surface area contributed by atoms with Crippen molar-refractivity contribution in [3.8, 4) is 0 Å². The Morgan fingerprint density at radius 2 is 2.13 bits per heavy atom. The first-order valence-corrected chi connectivity index (χ1v) is 6.57. The fourth-order valence-corrected chi connectivity index (χ4v) is 2.47. The van der Waals surface area contributed by atoms with Crippen LogP contribution in [0, 0.1) is 5.92 Å². The van der Waals surface area contributed by atoms with E-state index in [2.05, 4.69) is 13.8 Å². The Hall–Kier alpha value is -0.0800. The van der Waals surface area contributed by atoms with E-state index in [1.54, 1.807) is 0 Å². The number of rotatable bonds is 7. The van der Waals surface area contributed by atoms with Crippen molar-refractivity contribution in [3.05, 3.63) is 0 Å². The van der Waals surface area contributed by atoms with Crippen LogP contribution in [0.1, 0.15) is 58.8 Å². The Morgan fingerprint density at radius 3 is 2.73 bits per heavy atom. The molecule has 2 N–H and O–H groups in total. The van der Waals surface area contributed by atoms with Gasteiger partial charge in [0.2, 0.25) is 0 Å². The minimum atomic E-state index is 0.0902. The lowest BCUT2D eigenvalue weighted by molar-refractivity contribution is 0.111. The van der Waals surface area contributed by atoms with Crippen LogP contribution in [0.15, 0.2) is 0 Å². The van der Waals surface area contributed by atoms with Crippen molar-refractivity contribution in [2.24, 2.45) is 11.7 Å². The third-order valence-corrected chi connectivity index (χ3v) is 3.71. The van der Waals surface area contributed by atoms with Gasteiger partial charge in [0, 0.05) is 18.8 Å². The minimum absolute atomic E-state index is 0.0902. The molecule has 0 radical (unpaired) electrons. The summed E-state index contributed by atoms with van der Waals surface area (Å²) >= 11 is 0. The second-order valence-electron chi connectivity index (χ2n) is 5.10. The van der Waals surface area contributed by atoms with Crippen LogP contribution >= 0.6 is 0 Å². The fourth-order valence-electron chi connectivity index (χ4n) is 2.47. The molecule has 0 amide bonds. The van der Waals surface area contributed by atoms with E-state index in [1.165, 1.54) is 38.5 Å². The quantitative estimate of drug-likeness (QED) is 0.660. The second-order valence-corrected chi connectivity index (χ2v) is 5.10. The molecule has 0 spiro atoms. The Morgan fingerprint density at radius 1 is 1.33 bits per heavy atom. The van der Waals surface area contributed by atoms with Crippen molar-refractivity contribution in [1.29, 1.82) is 0 Å². The lowest BCUT2D eigenvalue weighted by Gasteiger charge is -2.24. The van der Waals surface area contributed by atoms with Crippen LogP contribution in [0.4, 0.5) is 0 Å². The van der Waals surface area contributed by atoms with Gasteiger partial charge >= 0.3 is 0 Å². The smallest absolute Gasteiger partial charge is 0.0483 e. The molecule has 0 heterocycles. The second kappa shape index (κ2) is 6.49. The van der Waals surface area contributed by atoms with E-state index in [4.69, 9.17) is 10.5 Å².